The minimum absolute atomic E-state index is 0.0639. The van der Waals surface area contributed by atoms with Crippen LogP contribution in [0.5, 0.6) is 0 Å². The number of nitrogens with two attached hydrogens (primary N) is 1. The number of hydrogen-bond acceptors (Lipinski definition) is 11. The highest BCUT2D eigenvalue weighted by Gasteiger charge is 2.53. The standard InChI is InChI=1S/C45H56N4O11/c1-28(41(52)48-34(40(46)51)23-24-36(50)55-25-30-15-7-3-8-16-30)47-42(53)29(2)58-39-37(49-43(54)32-19-11-5-12-20-32)45(56-26-31-17-9-4-10-18-31)59-35-27-57-44(60-38(35)39)33-21-13-6-14-22-33/h3-4,6-10,13-18,21-22,28-29,32,34-35,37-39,44-45H,5,11-12,19-20,23-27H2,1-2H3,(H2,46,51)(H,47,53)(H,48,52)(H,49,54)/t28-,29+,34+,35+,37+,38+,39+,44+,45?/m0/s1. The molecule has 3 fully saturated rings. The van der Waals surface area contributed by atoms with Gasteiger partial charge in [0, 0.05) is 17.9 Å². The zero-order valence-electron chi connectivity index (χ0n) is 34.1. The van der Waals surface area contributed by atoms with Crippen LogP contribution in [0.2, 0.25) is 0 Å². The van der Waals surface area contributed by atoms with Crippen LogP contribution in [0.3, 0.4) is 0 Å². The average molecular weight is 829 g/mol. The van der Waals surface area contributed by atoms with Crippen molar-refractivity contribution in [3.63, 3.8) is 0 Å². The van der Waals surface area contributed by atoms with Crippen LogP contribution in [-0.4, -0.2) is 85.0 Å². The molecule has 2 saturated heterocycles. The molecule has 60 heavy (non-hydrogen) atoms. The lowest BCUT2D eigenvalue weighted by molar-refractivity contribution is -0.351. The van der Waals surface area contributed by atoms with Crippen LogP contribution in [0, 0.1) is 5.92 Å². The number of nitrogens with one attached hydrogen (secondary N) is 3. The van der Waals surface area contributed by atoms with Crippen LogP contribution in [0.25, 0.3) is 0 Å². The fourth-order valence-electron chi connectivity index (χ4n) is 7.56. The third-order valence-corrected chi connectivity index (χ3v) is 11.0. The summed E-state index contributed by atoms with van der Waals surface area (Å²) in [4.78, 5) is 65.6. The highest BCUT2D eigenvalue weighted by molar-refractivity contribution is 5.92. The molecule has 1 aliphatic carbocycles. The van der Waals surface area contributed by atoms with E-state index in [1.165, 1.54) is 13.8 Å². The van der Waals surface area contributed by atoms with Crippen molar-refractivity contribution in [2.75, 3.05) is 6.61 Å². The Morgan fingerprint density at radius 2 is 1.42 bits per heavy atom. The molecule has 0 bridgehead atoms. The Morgan fingerprint density at radius 1 is 0.783 bits per heavy atom. The number of carbonyl (C=O) groups is 5. The first kappa shape index (κ1) is 44.4. The molecule has 3 aliphatic rings. The van der Waals surface area contributed by atoms with Crippen LogP contribution >= 0.6 is 0 Å². The van der Waals surface area contributed by atoms with Gasteiger partial charge in [-0.2, -0.15) is 0 Å². The Kier molecular flexibility index (Phi) is 16.2. The maximum Gasteiger partial charge on any atom is 0.306 e. The molecule has 3 aromatic carbocycles. The maximum atomic E-state index is 13.9. The molecule has 322 valence electrons. The Bertz CT molecular complexity index is 1860. The number of esters is 1. The molecule has 2 aliphatic heterocycles. The number of ether oxygens (including phenoxy) is 6. The molecule has 4 amide bonds. The van der Waals surface area contributed by atoms with Gasteiger partial charge in [-0.1, -0.05) is 110 Å². The van der Waals surface area contributed by atoms with Gasteiger partial charge in [0.15, 0.2) is 12.6 Å². The van der Waals surface area contributed by atoms with E-state index >= 15 is 0 Å². The van der Waals surface area contributed by atoms with Gasteiger partial charge in [0.1, 0.15) is 49.1 Å². The summed E-state index contributed by atoms with van der Waals surface area (Å²) >= 11 is 0. The van der Waals surface area contributed by atoms with Crippen molar-refractivity contribution in [1.82, 2.24) is 16.0 Å². The zero-order chi connectivity index (χ0) is 42.4. The highest BCUT2D eigenvalue weighted by Crippen LogP contribution is 2.37. The largest absolute Gasteiger partial charge is 0.461 e. The van der Waals surface area contributed by atoms with Crippen LogP contribution < -0.4 is 21.7 Å². The van der Waals surface area contributed by atoms with Gasteiger partial charge in [-0.15, -0.1) is 0 Å². The third-order valence-electron chi connectivity index (χ3n) is 11.0. The van der Waals surface area contributed by atoms with E-state index in [0.29, 0.717) is 0 Å². The molecule has 3 aromatic rings. The number of hydrogen-bond donors (Lipinski definition) is 4. The van der Waals surface area contributed by atoms with Crippen molar-refractivity contribution in [2.24, 2.45) is 11.7 Å². The van der Waals surface area contributed by atoms with Crippen molar-refractivity contribution >= 4 is 29.6 Å². The van der Waals surface area contributed by atoms with E-state index in [9.17, 15) is 24.0 Å². The Morgan fingerprint density at radius 3 is 2.07 bits per heavy atom. The van der Waals surface area contributed by atoms with Gasteiger partial charge in [0.25, 0.3) is 0 Å². The number of rotatable bonds is 18. The van der Waals surface area contributed by atoms with E-state index in [1.807, 2.05) is 91.0 Å². The van der Waals surface area contributed by atoms with Crippen molar-refractivity contribution in [2.45, 2.75) is 127 Å². The zero-order valence-corrected chi connectivity index (χ0v) is 34.1. The van der Waals surface area contributed by atoms with Gasteiger partial charge in [-0.05, 0) is 44.2 Å². The number of carbonyl (C=O) groups excluding carboxylic acids is 5. The predicted molar refractivity (Wildman–Crippen MR) is 217 cm³/mol. The second-order valence-corrected chi connectivity index (χ2v) is 15.5. The highest BCUT2D eigenvalue weighted by atomic mass is 16.8. The first-order chi connectivity index (χ1) is 29.0. The van der Waals surface area contributed by atoms with Crippen LogP contribution in [0.15, 0.2) is 91.0 Å². The van der Waals surface area contributed by atoms with E-state index in [-0.39, 0.29) is 44.5 Å². The minimum atomic E-state index is -1.20. The quantitative estimate of drug-likeness (QED) is 0.136. The molecular formula is C45H56N4O11. The topological polar surface area (TPSA) is 203 Å². The van der Waals surface area contributed by atoms with Gasteiger partial charge in [0.05, 0.1) is 13.2 Å². The molecule has 15 nitrogen and oxygen atoms in total. The smallest absolute Gasteiger partial charge is 0.306 e. The summed E-state index contributed by atoms with van der Waals surface area (Å²) in [6.45, 7) is 3.33. The number of amides is 4. The summed E-state index contributed by atoms with van der Waals surface area (Å²) in [6, 6.07) is 24.8. The SMILES string of the molecule is C[C@H](NC(=O)[C@@H](C)O[C@H]1[C@@H]2O[C@H](c3ccccc3)OC[C@H]2OC(OCc2ccccc2)[C@@H]1NC(=O)C1CCCCC1)C(=O)N[C@H](CCC(=O)OCc1ccccc1)C(N)=O. The fourth-order valence-corrected chi connectivity index (χ4v) is 7.56. The van der Waals surface area contributed by atoms with E-state index in [4.69, 9.17) is 34.2 Å². The van der Waals surface area contributed by atoms with Gasteiger partial charge in [0.2, 0.25) is 23.6 Å². The fraction of sp³-hybridized carbons (Fsp3) is 0.489. The predicted octanol–water partition coefficient (Wildman–Crippen LogP) is 3.88. The lowest BCUT2D eigenvalue weighted by Crippen LogP contribution is -2.68. The summed E-state index contributed by atoms with van der Waals surface area (Å²) in [7, 11) is 0. The van der Waals surface area contributed by atoms with Crippen molar-refractivity contribution in [3.05, 3.63) is 108 Å². The Hall–Kier alpha value is -5.19. The number of benzene rings is 3. The Labute approximate surface area is 350 Å². The average Bonchev–Trinajstić information content (AvgIpc) is 3.27. The molecule has 1 saturated carbocycles. The maximum absolute atomic E-state index is 13.9. The lowest BCUT2D eigenvalue weighted by Gasteiger charge is -2.50. The summed E-state index contributed by atoms with van der Waals surface area (Å²) in [5.74, 6) is -3.12. The summed E-state index contributed by atoms with van der Waals surface area (Å²) in [6.07, 6.45) is -1.27. The van der Waals surface area contributed by atoms with Gasteiger partial charge in [-0.3, -0.25) is 24.0 Å². The molecule has 15 heteroatoms. The monoisotopic (exact) mass is 828 g/mol. The molecule has 0 aromatic heterocycles. The summed E-state index contributed by atoms with van der Waals surface area (Å²) < 4.78 is 37.4. The molecule has 2 heterocycles. The second-order valence-electron chi connectivity index (χ2n) is 15.5. The van der Waals surface area contributed by atoms with E-state index < -0.39 is 78.8 Å². The normalized spacial score (nSPS) is 24.4. The number of fused-ring (bicyclic) bond motifs is 1. The molecule has 6 rings (SSSR count). The first-order valence-electron chi connectivity index (χ1n) is 20.7. The van der Waals surface area contributed by atoms with Crippen molar-refractivity contribution in [1.29, 1.82) is 0 Å². The second kappa shape index (κ2) is 21.9. The van der Waals surface area contributed by atoms with Crippen molar-refractivity contribution < 1.29 is 52.4 Å². The summed E-state index contributed by atoms with van der Waals surface area (Å²) in [5, 5.41) is 8.36. The van der Waals surface area contributed by atoms with E-state index in [0.717, 1.165) is 48.8 Å². The van der Waals surface area contributed by atoms with E-state index in [1.54, 1.807) is 0 Å². The molecule has 0 spiro atoms. The molecule has 5 N–H and O–H groups in total. The Balaban J connectivity index is 1.14. The number of primary amides is 1. The van der Waals surface area contributed by atoms with Crippen LogP contribution in [0.4, 0.5) is 0 Å². The molecule has 0 radical (unpaired) electrons. The molecule has 1 unspecified atom stereocenters. The van der Waals surface area contributed by atoms with Gasteiger partial charge >= 0.3 is 5.97 Å². The third kappa shape index (κ3) is 12.4. The van der Waals surface area contributed by atoms with Gasteiger partial charge < -0.3 is 50.1 Å². The minimum Gasteiger partial charge on any atom is -0.461 e. The molecule has 9 atom stereocenters. The molecular weight excluding hydrogens is 773 g/mol. The first-order valence-corrected chi connectivity index (χ1v) is 20.7. The van der Waals surface area contributed by atoms with Crippen LogP contribution in [-0.2, 0) is 65.6 Å². The lowest BCUT2D eigenvalue weighted by atomic mass is 9.87. The van der Waals surface area contributed by atoms with Gasteiger partial charge in [-0.25, -0.2) is 0 Å². The van der Waals surface area contributed by atoms with Crippen LogP contribution in [0.1, 0.15) is 81.8 Å². The van der Waals surface area contributed by atoms with Crippen molar-refractivity contribution in [3.8, 4) is 0 Å². The summed E-state index contributed by atoms with van der Waals surface area (Å²) in [5.41, 5.74) is 8.03. The van der Waals surface area contributed by atoms with E-state index in [2.05, 4.69) is 16.0 Å².